The average Bonchev–Trinajstić information content (AvgIpc) is 2.61. The first kappa shape index (κ1) is 9.47. The average molecular weight is 182 g/mol. The van der Waals surface area contributed by atoms with E-state index in [-0.39, 0.29) is 0 Å². The number of rotatable bonds is 2. The molecule has 1 saturated heterocycles. The molecule has 1 N–H and O–H groups in total. The smallest absolute Gasteiger partial charge is 0.0193 e. The third kappa shape index (κ3) is 2.44. The molecular weight excluding hydrogens is 160 g/mol. The molecule has 0 bridgehead atoms. The highest BCUT2D eigenvalue weighted by atomic mass is 15.2. The van der Waals surface area contributed by atoms with Gasteiger partial charge in [0.1, 0.15) is 0 Å². The van der Waals surface area contributed by atoms with Crippen LogP contribution < -0.4 is 5.32 Å². The van der Waals surface area contributed by atoms with Crippen LogP contribution in [0, 0.1) is 5.92 Å². The van der Waals surface area contributed by atoms with Crippen LogP contribution in [0.4, 0.5) is 0 Å². The van der Waals surface area contributed by atoms with E-state index < -0.39 is 0 Å². The van der Waals surface area contributed by atoms with Crippen LogP contribution >= 0.6 is 0 Å². The molecule has 0 spiro atoms. The summed E-state index contributed by atoms with van der Waals surface area (Å²) in [6.45, 7) is 7.35. The van der Waals surface area contributed by atoms with Crippen molar-refractivity contribution < 1.29 is 0 Å². The van der Waals surface area contributed by atoms with Gasteiger partial charge in [0, 0.05) is 32.2 Å². The lowest BCUT2D eigenvalue weighted by Gasteiger charge is -2.35. The largest absolute Gasteiger partial charge is 0.314 e. The number of piperazine rings is 1. The first-order valence-electron chi connectivity index (χ1n) is 5.81. The van der Waals surface area contributed by atoms with Crippen LogP contribution in [0.3, 0.4) is 0 Å². The Hall–Kier alpha value is -0.0800. The second-order valence-corrected chi connectivity index (χ2v) is 4.70. The van der Waals surface area contributed by atoms with Crippen molar-refractivity contribution in [2.45, 2.75) is 38.6 Å². The van der Waals surface area contributed by atoms with Gasteiger partial charge in [0.2, 0.25) is 0 Å². The molecule has 1 aliphatic heterocycles. The molecule has 2 fully saturated rings. The quantitative estimate of drug-likeness (QED) is 0.695. The summed E-state index contributed by atoms with van der Waals surface area (Å²) in [5.41, 5.74) is 0. The molecule has 76 valence electrons. The highest BCUT2D eigenvalue weighted by Gasteiger charge is 2.23. The maximum absolute atomic E-state index is 3.45. The van der Waals surface area contributed by atoms with Crippen LogP contribution in [0.5, 0.6) is 0 Å². The minimum absolute atomic E-state index is 0.759. The molecule has 13 heavy (non-hydrogen) atoms. The Morgan fingerprint density at radius 2 is 2.08 bits per heavy atom. The highest BCUT2D eigenvalue weighted by molar-refractivity contribution is 4.79. The minimum atomic E-state index is 0.759. The zero-order valence-electron chi connectivity index (χ0n) is 8.76. The van der Waals surface area contributed by atoms with Gasteiger partial charge in [0.05, 0.1) is 0 Å². The number of hydrogen-bond acceptors (Lipinski definition) is 2. The zero-order chi connectivity index (χ0) is 9.10. The van der Waals surface area contributed by atoms with Gasteiger partial charge < -0.3 is 5.32 Å². The van der Waals surface area contributed by atoms with E-state index in [4.69, 9.17) is 0 Å². The fraction of sp³-hybridized carbons (Fsp3) is 1.00. The van der Waals surface area contributed by atoms with E-state index in [1.165, 1.54) is 51.9 Å². The summed E-state index contributed by atoms with van der Waals surface area (Å²) in [4.78, 5) is 2.67. The second-order valence-electron chi connectivity index (χ2n) is 4.70. The molecule has 1 atom stereocenters. The van der Waals surface area contributed by atoms with Crippen LogP contribution in [0.25, 0.3) is 0 Å². The first-order chi connectivity index (χ1) is 6.36. The Labute approximate surface area is 81.7 Å². The van der Waals surface area contributed by atoms with Gasteiger partial charge in [0.25, 0.3) is 0 Å². The molecule has 0 unspecified atom stereocenters. The van der Waals surface area contributed by atoms with Gasteiger partial charge in [-0.3, -0.25) is 4.90 Å². The van der Waals surface area contributed by atoms with Crippen molar-refractivity contribution in [2.75, 3.05) is 26.2 Å². The summed E-state index contributed by atoms with van der Waals surface area (Å²) >= 11 is 0. The van der Waals surface area contributed by atoms with E-state index in [0.29, 0.717) is 0 Å². The van der Waals surface area contributed by atoms with Gasteiger partial charge in [-0.1, -0.05) is 12.8 Å². The maximum Gasteiger partial charge on any atom is 0.0193 e. The number of hydrogen-bond donors (Lipinski definition) is 1. The Morgan fingerprint density at radius 3 is 2.77 bits per heavy atom. The Bertz CT molecular complexity index is 152. The first-order valence-corrected chi connectivity index (χ1v) is 5.81. The van der Waals surface area contributed by atoms with Crippen molar-refractivity contribution >= 4 is 0 Å². The van der Waals surface area contributed by atoms with Crippen LogP contribution in [0.15, 0.2) is 0 Å². The van der Waals surface area contributed by atoms with Crippen molar-refractivity contribution in [2.24, 2.45) is 5.92 Å². The monoisotopic (exact) mass is 182 g/mol. The normalized spacial score (nSPS) is 32.5. The molecule has 2 nitrogen and oxygen atoms in total. The van der Waals surface area contributed by atoms with Crippen molar-refractivity contribution in [3.8, 4) is 0 Å². The van der Waals surface area contributed by atoms with Gasteiger partial charge in [-0.05, 0) is 25.7 Å². The SMILES string of the molecule is C[C@@H]1CNCCN1CC1CCCC1. The Morgan fingerprint density at radius 1 is 1.31 bits per heavy atom. The van der Waals surface area contributed by atoms with Crippen molar-refractivity contribution in [1.82, 2.24) is 10.2 Å². The molecule has 1 saturated carbocycles. The van der Waals surface area contributed by atoms with Crippen molar-refractivity contribution in [3.05, 3.63) is 0 Å². The molecule has 0 aromatic heterocycles. The summed E-state index contributed by atoms with van der Waals surface area (Å²) in [5, 5.41) is 3.45. The predicted octanol–water partition coefficient (Wildman–Crippen LogP) is 1.47. The summed E-state index contributed by atoms with van der Waals surface area (Å²) in [7, 11) is 0. The van der Waals surface area contributed by atoms with E-state index in [2.05, 4.69) is 17.1 Å². The Kier molecular flexibility index (Phi) is 3.23. The molecule has 2 aliphatic rings. The highest BCUT2D eigenvalue weighted by Crippen LogP contribution is 2.26. The summed E-state index contributed by atoms with van der Waals surface area (Å²) in [5.74, 6) is 1.01. The van der Waals surface area contributed by atoms with E-state index in [1.54, 1.807) is 0 Å². The van der Waals surface area contributed by atoms with E-state index >= 15 is 0 Å². The lowest BCUT2D eigenvalue weighted by atomic mass is 10.1. The standard InChI is InChI=1S/C11H22N2/c1-10-8-12-6-7-13(10)9-11-4-2-3-5-11/h10-12H,2-9H2,1H3/t10-/m1/s1. The van der Waals surface area contributed by atoms with Crippen LogP contribution in [0.2, 0.25) is 0 Å². The molecule has 0 radical (unpaired) electrons. The summed E-state index contributed by atoms with van der Waals surface area (Å²) in [6.07, 6.45) is 5.92. The van der Waals surface area contributed by atoms with Crippen molar-refractivity contribution in [1.29, 1.82) is 0 Å². The Balaban J connectivity index is 1.78. The van der Waals surface area contributed by atoms with Crippen LogP contribution in [0.1, 0.15) is 32.6 Å². The molecule has 1 heterocycles. The van der Waals surface area contributed by atoms with E-state index in [1.807, 2.05) is 0 Å². The van der Waals surface area contributed by atoms with Crippen molar-refractivity contribution in [3.63, 3.8) is 0 Å². The van der Waals surface area contributed by atoms with Gasteiger partial charge in [-0.25, -0.2) is 0 Å². The van der Waals surface area contributed by atoms with Gasteiger partial charge in [-0.15, -0.1) is 0 Å². The third-order valence-electron chi connectivity index (χ3n) is 3.61. The minimum Gasteiger partial charge on any atom is -0.314 e. The van der Waals surface area contributed by atoms with E-state index in [9.17, 15) is 0 Å². The molecule has 0 amide bonds. The fourth-order valence-corrected chi connectivity index (χ4v) is 2.68. The van der Waals surface area contributed by atoms with Crippen LogP contribution in [-0.4, -0.2) is 37.1 Å². The topological polar surface area (TPSA) is 15.3 Å². The van der Waals surface area contributed by atoms with Gasteiger partial charge in [0.15, 0.2) is 0 Å². The fourth-order valence-electron chi connectivity index (χ4n) is 2.68. The summed E-state index contributed by atoms with van der Waals surface area (Å²) < 4.78 is 0. The second kappa shape index (κ2) is 4.43. The molecular formula is C11H22N2. The number of nitrogens with one attached hydrogen (secondary N) is 1. The lowest BCUT2D eigenvalue weighted by molar-refractivity contribution is 0.148. The number of nitrogens with zero attached hydrogens (tertiary/aromatic N) is 1. The lowest BCUT2D eigenvalue weighted by Crippen LogP contribution is -2.50. The predicted molar refractivity (Wildman–Crippen MR) is 55.9 cm³/mol. The zero-order valence-corrected chi connectivity index (χ0v) is 8.76. The molecule has 0 aromatic carbocycles. The van der Waals surface area contributed by atoms with Crippen LogP contribution in [-0.2, 0) is 0 Å². The van der Waals surface area contributed by atoms with E-state index in [0.717, 1.165) is 12.0 Å². The third-order valence-corrected chi connectivity index (χ3v) is 3.61. The van der Waals surface area contributed by atoms with Gasteiger partial charge >= 0.3 is 0 Å². The van der Waals surface area contributed by atoms with Gasteiger partial charge in [-0.2, -0.15) is 0 Å². The molecule has 1 aliphatic carbocycles. The summed E-state index contributed by atoms with van der Waals surface area (Å²) in [6, 6.07) is 0.759. The molecule has 0 aromatic rings. The molecule has 2 rings (SSSR count). The molecule has 2 heteroatoms. The maximum atomic E-state index is 3.45.